The van der Waals surface area contributed by atoms with E-state index in [1.54, 1.807) is 29.9 Å². The molecular formula is C18H22F2N4O. The molecule has 0 spiro atoms. The SMILES string of the molecule is CNc1ccc(-c2ccn(CC3CCC(F)(F)CC3)c(=O)c2)nc1N. The average molecular weight is 348 g/mol. The fraction of sp³-hybridized carbons (Fsp3) is 0.444. The number of aromatic nitrogens is 2. The highest BCUT2D eigenvalue weighted by Gasteiger charge is 2.34. The van der Waals surface area contributed by atoms with E-state index in [0.29, 0.717) is 36.5 Å². The third-order valence-electron chi connectivity index (χ3n) is 4.78. The number of nitrogen functional groups attached to an aromatic ring is 1. The van der Waals surface area contributed by atoms with Crippen molar-refractivity contribution in [2.75, 3.05) is 18.1 Å². The number of nitrogens with zero attached hydrogens (tertiary/aromatic N) is 2. The van der Waals surface area contributed by atoms with Crippen molar-refractivity contribution in [1.82, 2.24) is 9.55 Å². The molecule has 0 unspecified atom stereocenters. The molecule has 1 aliphatic rings. The fourth-order valence-corrected chi connectivity index (χ4v) is 3.23. The van der Waals surface area contributed by atoms with Crippen molar-refractivity contribution in [1.29, 1.82) is 0 Å². The number of anilines is 2. The molecule has 0 aliphatic heterocycles. The van der Waals surface area contributed by atoms with Crippen molar-refractivity contribution in [2.24, 2.45) is 5.92 Å². The number of nitrogens with two attached hydrogens (primary N) is 1. The molecule has 0 aromatic carbocycles. The lowest BCUT2D eigenvalue weighted by atomic mass is 9.87. The highest BCUT2D eigenvalue weighted by atomic mass is 19.3. The van der Waals surface area contributed by atoms with E-state index in [9.17, 15) is 13.6 Å². The van der Waals surface area contributed by atoms with Crippen LogP contribution in [0.1, 0.15) is 25.7 Å². The Bertz CT molecular complexity index is 809. The normalized spacial score (nSPS) is 17.4. The van der Waals surface area contributed by atoms with Crippen molar-refractivity contribution in [3.63, 3.8) is 0 Å². The molecule has 1 aliphatic carbocycles. The lowest BCUT2D eigenvalue weighted by molar-refractivity contribution is -0.0474. The van der Waals surface area contributed by atoms with Crippen LogP contribution in [0, 0.1) is 5.92 Å². The van der Waals surface area contributed by atoms with E-state index in [0.717, 1.165) is 5.69 Å². The Labute approximate surface area is 144 Å². The second kappa shape index (κ2) is 6.82. The summed E-state index contributed by atoms with van der Waals surface area (Å²) in [6.07, 6.45) is 2.42. The number of hydrogen-bond donors (Lipinski definition) is 2. The molecule has 25 heavy (non-hydrogen) atoms. The predicted molar refractivity (Wildman–Crippen MR) is 94.8 cm³/mol. The van der Waals surface area contributed by atoms with Gasteiger partial charge in [-0.3, -0.25) is 4.79 Å². The minimum atomic E-state index is -2.55. The van der Waals surface area contributed by atoms with Crippen LogP contribution in [-0.2, 0) is 6.54 Å². The Morgan fingerprint density at radius 1 is 1.32 bits per heavy atom. The summed E-state index contributed by atoms with van der Waals surface area (Å²) < 4.78 is 28.1. The van der Waals surface area contributed by atoms with Crippen LogP contribution in [0.25, 0.3) is 11.3 Å². The molecule has 0 amide bonds. The van der Waals surface area contributed by atoms with Gasteiger partial charge in [0.25, 0.3) is 5.56 Å². The molecule has 7 heteroatoms. The van der Waals surface area contributed by atoms with Crippen LogP contribution in [0.2, 0.25) is 0 Å². The van der Waals surface area contributed by atoms with E-state index in [1.165, 1.54) is 6.07 Å². The van der Waals surface area contributed by atoms with Gasteiger partial charge >= 0.3 is 0 Å². The number of rotatable bonds is 4. The Morgan fingerprint density at radius 3 is 2.64 bits per heavy atom. The Kier molecular flexibility index (Phi) is 4.74. The maximum atomic E-state index is 13.2. The summed E-state index contributed by atoms with van der Waals surface area (Å²) in [5.74, 6) is -2.06. The van der Waals surface area contributed by atoms with Gasteiger partial charge < -0.3 is 15.6 Å². The van der Waals surface area contributed by atoms with Gasteiger partial charge in [0, 0.05) is 44.3 Å². The van der Waals surface area contributed by atoms with Gasteiger partial charge in [-0.25, -0.2) is 13.8 Å². The molecule has 3 N–H and O–H groups in total. The molecule has 1 saturated carbocycles. The average Bonchev–Trinajstić information content (AvgIpc) is 2.58. The number of nitrogens with one attached hydrogen (secondary N) is 1. The highest BCUT2D eigenvalue weighted by molar-refractivity contribution is 5.68. The van der Waals surface area contributed by atoms with E-state index in [-0.39, 0.29) is 24.3 Å². The largest absolute Gasteiger partial charge is 0.385 e. The molecule has 2 heterocycles. The maximum Gasteiger partial charge on any atom is 0.251 e. The van der Waals surface area contributed by atoms with Crippen LogP contribution in [0.3, 0.4) is 0 Å². The third kappa shape index (κ3) is 3.97. The first-order valence-electron chi connectivity index (χ1n) is 8.41. The standard InChI is InChI=1S/C18H22F2N4O/c1-22-15-3-2-14(23-17(15)21)13-6-9-24(16(25)10-13)11-12-4-7-18(19,20)8-5-12/h2-3,6,9-10,12,22H,4-5,7-8,11H2,1H3,(H2,21,23). The monoisotopic (exact) mass is 348 g/mol. The summed E-state index contributed by atoms with van der Waals surface area (Å²) in [6.45, 7) is 0.476. The lowest BCUT2D eigenvalue weighted by Crippen LogP contribution is -2.29. The zero-order valence-corrected chi connectivity index (χ0v) is 14.1. The van der Waals surface area contributed by atoms with Crippen molar-refractivity contribution in [3.05, 3.63) is 40.8 Å². The number of alkyl halides is 2. The third-order valence-corrected chi connectivity index (χ3v) is 4.78. The van der Waals surface area contributed by atoms with Gasteiger partial charge in [0.1, 0.15) is 5.82 Å². The second-order valence-electron chi connectivity index (χ2n) is 6.58. The number of halogens is 2. The smallest absolute Gasteiger partial charge is 0.251 e. The van der Waals surface area contributed by atoms with Gasteiger partial charge in [-0.1, -0.05) is 0 Å². The van der Waals surface area contributed by atoms with Crippen LogP contribution in [-0.4, -0.2) is 22.5 Å². The van der Waals surface area contributed by atoms with Gasteiger partial charge in [0.05, 0.1) is 11.4 Å². The highest BCUT2D eigenvalue weighted by Crippen LogP contribution is 2.36. The van der Waals surface area contributed by atoms with E-state index < -0.39 is 5.92 Å². The minimum absolute atomic E-state index is 0.0918. The predicted octanol–water partition coefficient (Wildman–Crippen LogP) is 3.36. The molecule has 2 aromatic heterocycles. The molecule has 0 bridgehead atoms. The van der Waals surface area contributed by atoms with Crippen molar-refractivity contribution in [2.45, 2.75) is 38.2 Å². The van der Waals surface area contributed by atoms with Crippen LogP contribution < -0.4 is 16.6 Å². The van der Waals surface area contributed by atoms with Crippen LogP contribution in [0.4, 0.5) is 20.3 Å². The van der Waals surface area contributed by atoms with Crippen LogP contribution >= 0.6 is 0 Å². The first kappa shape index (κ1) is 17.4. The number of pyridine rings is 2. The second-order valence-corrected chi connectivity index (χ2v) is 6.58. The summed E-state index contributed by atoms with van der Waals surface area (Å²) in [6, 6.07) is 6.92. The van der Waals surface area contributed by atoms with Crippen LogP contribution in [0.15, 0.2) is 35.3 Å². The van der Waals surface area contributed by atoms with Crippen molar-refractivity contribution >= 4 is 11.5 Å². The first-order valence-corrected chi connectivity index (χ1v) is 8.41. The molecule has 3 rings (SSSR count). The quantitative estimate of drug-likeness (QED) is 0.889. The van der Waals surface area contributed by atoms with E-state index >= 15 is 0 Å². The zero-order valence-electron chi connectivity index (χ0n) is 14.1. The van der Waals surface area contributed by atoms with Crippen molar-refractivity contribution in [3.8, 4) is 11.3 Å². The Balaban J connectivity index is 1.75. The van der Waals surface area contributed by atoms with E-state index in [2.05, 4.69) is 10.3 Å². The van der Waals surface area contributed by atoms with Gasteiger partial charge in [-0.2, -0.15) is 0 Å². The van der Waals surface area contributed by atoms with E-state index in [1.807, 2.05) is 6.07 Å². The molecule has 0 atom stereocenters. The molecule has 1 fully saturated rings. The Hall–Kier alpha value is -2.44. The molecule has 2 aromatic rings. The summed E-state index contributed by atoms with van der Waals surface area (Å²) in [5, 5.41) is 2.94. The summed E-state index contributed by atoms with van der Waals surface area (Å²) in [7, 11) is 1.76. The van der Waals surface area contributed by atoms with Gasteiger partial charge in [0.2, 0.25) is 5.92 Å². The van der Waals surface area contributed by atoms with Crippen LogP contribution in [0.5, 0.6) is 0 Å². The lowest BCUT2D eigenvalue weighted by Gasteiger charge is -2.28. The van der Waals surface area contributed by atoms with E-state index in [4.69, 9.17) is 5.73 Å². The van der Waals surface area contributed by atoms with Crippen molar-refractivity contribution < 1.29 is 8.78 Å². The molecule has 5 nitrogen and oxygen atoms in total. The zero-order chi connectivity index (χ0) is 18.0. The number of hydrogen-bond acceptors (Lipinski definition) is 4. The molecule has 0 radical (unpaired) electrons. The van der Waals surface area contributed by atoms with Gasteiger partial charge in [-0.15, -0.1) is 0 Å². The topological polar surface area (TPSA) is 72.9 Å². The fourth-order valence-electron chi connectivity index (χ4n) is 3.23. The Morgan fingerprint density at radius 2 is 2.04 bits per heavy atom. The van der Waals surface area contributed by atoms with Gasteiger partial charge in [-0.05, 0) is 37.0 Å². The maximum absolute atomic E-state index is 13.2. The molecular weight excluding hydrogens is 326 g/mol. The first-order chi connectivity index (χ1) is 11.9. The summed E-state index contributed by atoms with van der Waals surface area (Å²) >= 11 is 0. The summed E-state index contributed by atoms with van der Waals surface area (Å²) in [5.41, 5.74) is 7.74. The molecule has 134 valence electrons. The minimum Gasteiger partial charge on any atom is -0.385 e. The summed E-state index contributed by atoms with van der Waals surface area (Å²) in [4.78, 5) is 16.7. The van der Waals surface area contributed by atoms with Gasteiger partial charge in [0.15, 0.2) is 0 Å². The molecule has 0 saturated heterocycles.